The Bertz CT molecular complexity index is 575. The van der Waals surface area contributed by atoms with Crippen LogP contribution in [0.1, 0.15) is 33.6 Å². The molecule has 0 atom stereocenters. The molecule has 1 saturated heterocycles. The summed E-state index contributed by atoms with van der Waals surface area (Å²) in [6.07, 6.45) is 2.95. The normalized spacial score (nSPS) is 15.9. The Morgan fingerprint density at radius 1 is 1.42 bits per heavy atom. The number of carbonyl (C=O) groups excluding carboxylic acids is 1. The molecule has 1 aliphatic rings. The fourth-order valence-electron chi connectivity index (χ4n) is 2.57. The van der Waals surface area contributed by atoms with Gasteiger partial charge in [0.05, 0.1) is 12.3 Å². The SMILES string of the molecule is CC(C)(C)NC(=O)OCC1CCN(c2ccc([N+](=O)[O-])nc2)CC1. The van der Waals surface area contributed by atoms with Crippen LogP contribution in [-0.4, -0.2) is 41.2 Å². The second-order valence-corrected chi connectivity index (χ2v) is 7.04. The molecule has 8 heteroatoms. The monoisotopic (exact) mass is 336 g/mol. The third-order valence-electron chi connectivity index (χ3n) is 3.83. The van der Waals surface area contributed by atoms with Gasteiger partial charge in [-0.15, -0.1) is 0 Å². The van der Waals surface area contributed by atoms with Gasteiger partial charge >= 0.3 is 11.9 Å². The van der Waals surface area contributed by atoms with Gasteiger partial charge in [0.2, 0.25) is 0 Å². The summed E-state index contributed by atoms with van der Waals surface area (Å²) in [7, 11) is 0. The maximum atomic E-state index is 11.7. The lowest BCUT2D eigenvalue weighted by Crippen LogP contribution is -2.42. The number of nitro groups is 1. The molecule has 2 heterocycles. The quantitative estimate of drug-likeness (QED) is 0.670. The Hall–Kier alpha value is -2.38. The van der Waals surface area contributed by atoms with Crippen LogP contribution in [0.4, 0.5) is 16.3 Å². The van der Waals surface area contributed by atoms with Crippen molar-refractivity contribution in [2.75, 3.05) is 24.6 Å². The molecule has 1 aromatic rings. The number of alkyl carbamates (subject to hydrolysis) is 1. The lowest BCUT2D eigenvalue weighted by molar-refractivity contribution is -0.389. The molecule has 1 N–H and O–H groups in total. The number of piperidine rings is 1. The van der Waals surface area contributed by atoms with Gasteiger partial charge in [-0.05, 0) is 55.5 Å². The van der Waals surface area contributed by atoms with E-state index >= 15 is 0 Å². The molecule has 0 radical (unpaired) electrons. The van der Waals surface area contributed by atoms with E-state index in [1.165, 1.54) is 12.3 Å². The highest BCUT2D eigenvalue weighted by molar-refractivity contribution is 5.68. The molecule has 1 aliphatic heterocycles. The van der Waals surface area contributed by atoms with Gasteiger partial charge in [0.1, 0.15) is 0 Å². The molecule has 0 aliphatic carbocycles. The Labute approximate surface area is 141 Å². The molecule has 2 rings (SSSR count). The zero-order chi connectivity index (χ0) is 17.7. The zero-order valence-electron chi connectivity index (χ0n) is 14.3. The third-order valence-corrected chi connectivity index (χ3v) is 3.83. The lowest BCUT2D eigenvalue weighted by Gasteiger charge is -2.32. The van der Waals surface area contributed by atoms with Crippen molar-refractivity contribution >= 4 is 17.6 Å². The second kappa shape index (κ2) is 7.46. The minimum Gasteiger partial charge on any atom is -0.449 e. The highest BCUT2D eigenvalue weighted by Gasteiger charge is 2.23. The molecule has 8 nitrogen and oxygen atoms in total. The topological polar surface area (TPSA) is 97.6 Å². The Kier molecular flexibility index (Phi) is 5.58. The van der Waals surface area contributed by atoms with Crippen molar-refractivity contribution in [2.45, 2.75) is 39.2 Å². The Balaban J connectivity index is 1.77. The van der Waals surface area contributed by atoms with E-state index in [1.807, 2.05) is 20.8 Å². The number of anilines is 1. The number of carbonyl (C=O) groups is 1. The van der Waals surface area contributed by atoms with Crippen LogP contribution < -0.4 is 10.2 Å². The summed E-state index contributed by atoms with van der Waals surface area (Å²) in [5, 5.41) is 13.4. The van der Waals surface area contributed by atoms with Crippen molar-refractivity contribution in [3.63, 3.8) is 0 Å². The molecule has 132 valence electrons. The molecule has 0 unspecified atom stereocenters. The molecule has 1 aromatic heterocycles. The zero-order valence-corrected chi connectivity index (χ0v) is 14.3. The molecule has 0 aromatic carbocycles. The van der Waals surface area contributed by atoms with E-state index in [-0.39, 0.29) is 17.5 Å². The number of nitrogens with one attached hydrogen (secondary N) is 1. The molecule has 1 amide bonds. The van der Waals surface area contributed by atoms with Crippen molar-refractivity contribution in [2.24, 2.45) is 5.92 Å². The van der Waals surface area contributed by atoms with Crippen LogP contribution in [0.5, 0.6) is 0 Å². The van der Waals surface area contributed by atoms with E-state index in [1.54, 1.807) is 6.07 Å². The van der Waals surface area contributed by atoms with Gasteiger partial charge in [-0.2, -0.15) is 0 Å². The van der Waals surface area contributed by atoms with Gasteiger partial charge < -0.3 is 25.1 Å². The number of aromatic nitrogens is 1. The number of ether oxygens (including phenoxy) is 1. The number of amides is 1. The minimum absolute atomic E-state index is 0.146. The van der Waals surface area contributed by atoms with Gasteiger partial charge in [-0.3, -0.25) is 0 Å². The summed E-state index contributed by atoms with van der Waals surface area (Å²) in [5.74, 6) is 0.185. The maximum absolute atomic E-state index is 11.7. The number of pyridine rings is 1. The van der Waals surface area contributed by atoms with Crippen LogP contribution in [0.3, 0.4) is 0 Å². The first kappa shape index (κ1) is 18.0. The van der Waals surface area contributed by atoms with Gasteiger partial charge in [-0.1, -0.05) is 0 Å². The highest BCUT2D eigenvalue weighted by atomic mass is 16.6. The van der Waals surface area contributed by atoms with E-state index in [0.717, 1.165) is 31.6 Å². The van der Waals surface area contributed by atoms with Crippen molar-refractivity contribution in [3.8, 4) is 0 Å². The van der Waals surface area contributed by atoms with E-state index in [4.69, 9.17) is 4.74 Å². The summed E-state index contributed by atoms with van der Waals surface area (Å²) in [6, 6.07) is 3.14. The van der Waals surface area contributed by atoms with Crippen LogP contribution in [0.25, 0.3) is 0 Å². The average Bonchev–Trinajstić information content (AvgIpc) is 2.52. The third kappa shape index (κ3) is 5.36. The standard InChI is InChI=1S/C16H24N4O4/c1-16(2,3)18-15(21)24-11-12-6-8-19(9-7-12)13-4-5-14(17-10-13)20(22)23/h4-5,10,12H,6-9,11H2,1-3H3,(H,18,21). The van der Waals surface area contributed by atoms with E-state index in [0.29, 0.717) is 12.5 Å². The first-order chi connectivity index (χ1) is 11.2. The molecule has 1 fully saturated rings. The van der Waals surface area contributed by atoms with E-state index < -0.39 is 4.92 Å². The van der Waals surface area contributed by atoms with Crippen molar-refractivity contribution in [1.29, 1.82) is 0 Å². The first-order valence-electron chi connectivity index (χ1n) is 8.05. The van der Waals surface area contributed by atoms with Crippen molar-refractivity contribution < 1.29 is 14.5 Å². The minimum atomic E-state index is -0.504. The number of rotatable bonds is 4. The van der Waals surface area contributed by atoms with Crippen LogP contribution in [0, 0.1) is 16.0 Å². The fraction of sp³-hybridized carbons (Fsp3) is 0.625. The van der Waals surface area contributed by atoms with Crippen LogP contribution in [0.2, 0.25) is 0 Å². The first-order valence-corrected chi connectivity index (χ1v) is 8.05. The number of nitrogens with zero attached hydrogens (tertiary/aromatic N) is 3. The predicted molar refractivity (Wildman–Crippen MR) is 90.1 cm³/mol. The van der Waals surface area contributed by atoms with E-state index in [9.17, 15) is 14.9 Å². The number of hydrogen-bond acceptors (Lipinski definition) is 6. The Morgan fingerprint density at radius 3 is 2.58 bits per heavy atom. The second-order valence-electron chi connectivity index (χ2n) is 7.04. The van der Waals surface area contributed by atoms with Crippen LogP contribution >= 0.6 is 0 Å². The average molecular weight is 336 g/mol. The number of hydrogen-bond donors (Lipinski definition) is 1. The van der Waals surface area contributed by atoms with Crippen LogP contribution in [0.15, 0.2) is 18.3 Å². The molecule has 0 spiro atoms. The smallest absolute Gasteiger partial charge is 0.407 e. The van der Waals surface area contributed by atoms with Gasteiger partial charge in [0, 0.05) is 24.7 Å². The Morgan fingerprint density at radius 2 is 2.08 bits per heavy atom. The van der Waals surface area contributed by atoms with Crippen LogP contribution in [-0.2, 0) is 4.74 Å². The summed E-state index contributed by atoms with van der Waals surface area (Å²) in [6.45, 7) is 7.76. The molecular weight excluding hydrogens is 312 g/mol. The fourth-order valence-corrected chi connectivity index (χ4v) is 2.57. The van der Waals surface area contributed by atoms with E-state index in [2.05, 4.69) is 15.2 Å². The molecular formula is C16H24N4O4. The summed E-state index contributed by atoms with van der Waals surface area (Å²) < 4.78 is 5.28. The highest BCUT2D eigenvalue weighted by Crippen LogP contribution is 2.24. The van der Waals surface area contributed by atoms with Gasteiger partial charge in [-0.25, -0.2) is 4.79 Å². The summed E-state index contributed by atoms with van der Waals surface area (Å²) in [4.78, 5) is 27.8. The molecule has 0 bridgehead atoms. The van der Waals surface area contributed by atoms with Crippen molar-refractivity contribution in [1.82, 2.24) is 10.3 Å². The summed E-state index contributed by atoms with van der Waals surface area (Å²) in [5.41, 5.74) is 0.578. The molecule has 0 saturated carbocycles. The maximum Gasteiger partial charge on any atom is 0.407 e. The summed E-state index contributed by atoms with van der Waals surface area (Å²) >= 11 is 0. The van der Waals surface area contributed by atoms with Crippen molar-refractivity contribution in [3.05, 3.63) is 28.4 Å². The largest absolute Gasteiger partial charge is 0.449 e. The van der Waals surface area contributed by atoms with Gasteiger partial charge in [0.15, 0.2) is 6.20 Å². The molecule has 24 heavy (non-hydrogen) atoms. The van der Waals surface area contributed by atoms with Gasteiger partial charge in [0.25, 0.3) is 0 Å². The lowest BCUT2D eigenvalue weighted by atomic mass is 9.97. The predicted octanol–water partition coefficient (Wildman–Crippen LogP) is 2.73.